The van der Waals surface area contributed by atoms with Crippen LogP contribution in [0, 0.1) is 0 Å². The first-order chi connectivity index (χ1) is 10.0. The van der Waals surface area contributed by atoms with E-state index in [1.165, 1.54) is 18.6 Å². The average molecular weight is 374 g/mol. The van der Waals surface area contributed by atoms with Crippen LogP contribution in [0.15, 0.2) is 40.1 Å². The lowest BCUT2D eigenvalue weighted by Gasteiger charge is -2.06. The van der Waals surface area contributed by atoms with E-state index in [1.807, 2.05) is 7.05 Å². The van der Waals surface area contributed by atoms with Crippen LogP contribution < -0.4 is 10.0 Å². The molecule has 0 bridgehead atoms. The number of hydrogen-bond acceptors (Lipinski definition) is 5. The summed E-state index contributed by atoms with van der Waals surface area (Å²) in [6.07, 6.45) is 5.23. The van der Waals surface area contributed by atoms with Gasteiger partial charge in [0, 0.05) is 18.9 Å². The van der Waals surface area contributed by atoms with Gasteiger partial charge in [-0.3, -0.25) is 9.40 Å². The molecule has 0 atom stereocenters. The number of hydrogen-bond donors (Lipinski definition) is 2. The molecule has 0 unspecified atom stereocenters. The number of aromatic nitrogens is 3. The van der Waals surface area contributed by atoms with Crippen LogP contribution in [-0.2, 0) is 16.6 Å². The van der Waals surface area contributed by atoms with E-state index in [0.29, 0.717) is 11.0 Å². The zero-order valence-corrected chi connectivity index (χ0v) is 13.9. The van der Waals surface area contributed by atoms with Crippen molar-refractivity contribution in [2.45, 2.75) is 17.9 Å². The third kappa shape index (κ3) is 4.26. The molecule has 0 amide bonds. The maximum absolute atomic E-state index is 12.3. The summed E-state index contributed by atoms with van der Waals surface area (Å²) in [5.41, 5.74) is 0. The molecule has 0 aliphatic heterocycles. The highest BCUT2D eigenvalue weighted by Crippen LogP contribution is 2.21. The SMILES string of the molecule is CNCCCn1cc(S(=O)(=O)Nc2ncccc2Br)cn1. The minimum Gasteiger partial charge on any atom is -0.320 e. The van der Waals surface area contributed by atoms with E-state index in [1.54, 1.807) is 16.8 Å². The number of pyridine rings is 1. The van der Waals surface area contributed by atoms with E-state index in [0.717, 1.165) is 13.0 Å². The second-order valence-corrected chi connectivity index (χ2v) is 6.87. The Balaban J connectivity index is 2.11. The molecule has 0 saturated carbocycles. The monoisotopic (exact) mass is 373 g/mol. The molecular weight excluding hydrogens is 358 g/mol. The molecule has 0 aromatic carbocycles. The summed E-state index contributed by atoms with van der Waals surface area (Å²) >= 11 is 3.25. The zero-order chi connectivity index (χ0) is 15.3. The third-order valence-corrected chi connectivity index (χ3v) is 4.66. The van der Waals surface area contributed by atoms with Gasteiger partial charge in [-0.15, -0.1) is 0 Å². The molecule has 7 nitrogen and oxygen atoms in total. The summed E-state index contributed by atoms with van der Waals surface area (Å²) in [5, 5.41) is 7.08. The number of halogens is 1. The fourth-order valence-electron chi connectivity index (χ4n) is 1.67. The fraction of sp³-hybridized carbons (Fsp3) is 0.333. The topological polar surface area (TPSA) is 88.9 Å². The van der Waals surface area contributed by atoms with Gasteiger partial charge >= 0.3 is 0 Å². The minimum absolute atomic E-state index is 0.115. The molecule has 2 heterocycles. The summed E-state index contributed by atoms with van der Waals surface area (Å²) in [7, 11) is -1.82. The zero-order valence-electron chi connectivity index (χ0n) is 11.5. The van der Waals surface area contributed by atoms with E-state index in [9.17, 15) is 8.42 Å². The molecule has 0 fully saturated rings. The first-order valence-electron chi connectivity index (χ1n) is 6.33. The maximum atomic E-state index is 12.3. The van der Waals surface area contributed by atoms with Gasteiger partial charge in [-0.05, 0) is 48.1 Å². The molecule has 2 rings (SSSR count). The molecule has 0 saturated heterocycles. The molecule has 2 aromatic rings. The van der Waals surface area contributed by atoms with Crippen LogP contribution in [0.1, 0.15) is 6.42 Å². The number of nitrogens with zero attached hydrogens (tertiary/aromatic N) is 3. The van der Waals surface area contributed by atoms with Crippen LogP contribution in [-0.4, -0.2) is 36.8 Å². The molecule has 0 aliphatic rings. The molecule has 21 heavy (non-hydrogen) atoms. The number of sulfonamides is 1. The Labute approximate surface area is 132 Å². The number of aryl methyl sites for hydroxylation is 1. The molecular formula is C12H16BrN5O2S. The summed E-state index contributed by atoms with van der Waals surface area (Å²) in [5.74, 6) is 0.250. The van der Waals surface area contributed by atoms with Crippen molar-refractivity contribution < 1.29 is 8.42 Å². The van der Waals surface area contributed by atoms with Crippen LogP contribution in [0.2, 0.25) is 0 Å². The van der Waals surface area contributed by atoms with Crippen molar-refractivity contribution in [2.24, 2.45) is 0 Å². The minimum atomic E-state index is -3.69. The van der Waals surface area contributed by atoms with Crippen molar-refractivity contribution in [1.29, 1.82) is 0 Å². The second kappa shape index (κ2) is 7.01. The van der Waals surface area contributed by atoms with Crippen LogP contribution in [0.5, 0.6) is 0 Å². The smallest absolute Gasteiger partial charge is 0.266 e. The number of rotatable bonds is 7. The van der Waals surface area contributed by atoms with Crippen LogP contribution in [0.4, 0.5) is 5.82 Å². The fourth-order valence-corrected chi connectivity index (χ4v) is 3.14. The Bertz CT molecular complexity index is 701. The lowest BCUT2D eigenvalue weighted by molar-refractivity contribution is 0.561. The molecule has 2 N–H and O–H groups in total. The predicted octanol–water partition coefficient (Wildman–Crippen LogP) is 1.45. The molecule has 0 spiro atoms. The van der Waals surface area contributed by atoms with E-state index in [4.69, 9.17) is 0 Å². The first kappa shape index (κ1) is 15.9. The quantitative estimate of drug-likeness (QED) is 0.717. The van der Waals surface area contributed by atoms with Crippen LogP contribution in [0.3, 0.4) is 0 Å². The Morgan fingerprint density at radius 3 is 2.95 bits per heavy atom. The van der Waals surface area contributed by atoms with E-state index in [2.05, 4.69) is 36.1 Å². The second-order valence-electron chi connectivity index (χ2n) is 4.34. The van der Waals surface area contributed by atoms with Gasteiger partial charge in [0.1, 0.15) is 4.90 Å². The lowest BCUT2D eigenvalue weighted by Crippen LogP contribution is -2.14. The molecule has 9 heteroatoms. The molecule has 114 valence electrons. The standard InChI is InChI=1S/C12H16BrN5O2S/c1-14-5-3-7-18-9-10(8-16-18)21(19,20)17-12-11(13)4-2-6-15-12/h2,4,6,8-9,14H,3,5,7H2,1H3,(H,15,17). The van der Waals surface area contributed by atoms with Gasteiger partial charge in [-0.1, -0.05) is 0 Å². The highest BCUT2D eigenvalue weighted by atomic mass is 79.9. The van der Waals surface area contributed by atoms with Gasteiger partial charge in [0.15, 0.2) is 5.82 Å². The summed E-state index contributed by atoms with van der Waals surface area (Å²) in [4.78, 5) is 4.10. The van der Waals surface area contributed by atoms with Crippen molar-refractivity contribution in [3.8, 4) is 0 Å². The van der Waals surface area contributed by atoms with Crippen molar-refractivity contribution in [1.82, 2.24) is 20.1 Å². The maximum Gasteiger partial charge on any atom is 0.266 e. The largest absolute Gasteiger partial charge is 0.320 e. The van der Waals surface area contributed by atoms with Crippen molar-refractivity contribution in [2.75, 3.05) is 18.3 Å². The Morgan fingerprint density at radius 1 is 1.43 bits per heavy atom. The summed E-state index contributed by atoms with van der Waals surface area (Å²) in [6, 6.07) is 3.42. The average Bonchev–Trinajstić information content (AvgIpc) is 2.91. The normalized spacial score (nSPS) is 11.5. The van der Waals surface area contributed by atoms with Crippen molar-refractivity contribution >= 4 is 31.8 Å². The van der Waals surface area contributed by atoms with Crippen LogP contribution >= 0.6 is 15.9 Å². The molecule has 0 aliphatic carbocycles. The van der Waals surface area contributed by atoms with Gasteiger partial charge in [0.05, 0.1) is 10.7 Å². The van der Waals surface area contributed by atoms with E-state index in [-0.39, 0.29) is 10.7 Å². The first-order valence-corrected chi connectivity index (χ1v) is 8.61. The van der Waals surface area contributed by atoms with E-state index >= 15 is 0 Å². The van der Waals surface area contributed by atoms with Crippen LogP contribution in [0.25, 0.3) is 0 Å². The Kier molecular flexibility index (Phi) is 5.32. The van der Waals surface area contributed by atoms with E-state index < -0.39 is 10.0 Å². The summed E-state index contributed by atoms with van der Waals surface area (Å²) in [6.45, 7) is 1.50. The van der Waals surface area contributed by atoms with Gasteiger partial charge in [0.25, 0.3) is 10.0 Å². The lowest BCUT2D eigenvalue weighted by atomic mass is 10.4. The van der Waals surface area contributed by atoms with Gasteiger partial charge in [-0.25, -0.2) is 13.4 Å². The Hall–Kier alpha value is -1.45. The van der Waals surface area contributed by atoms with Crippen molar-refractivity contribution in [3.63, 3.8) is 0 Å². The van der Waals surface area contributed by atoms with Gasteiger partial charge in [-0.2, -0.15) is 5.10 Å². The predicted molar refractivity (Wildman–Crippen MR) is 83.5 cm³/mol. The van der Waals surface area contributed by atoms with Crippen molar-refractivity contribution in [3.05, 3.63) is 35.2 Å². The van der Waals surface area contributed by atoms with Gasteiger partial charge in [0.2, 0.25) is 0 Å². The highest BCUT2D eigenvalue weighted by Gasteiger charge is 2.18. The Morgan fingerprint density at radius 2 is 2.24 bits per heavy atom. The highest BCUT2D eigenvalue weighted by molar-refractivity contribution is 9.10. The third-order valence-electron chi connectivity index (χ3n) is 2.72. The van der Waals surface area contributed by atoms with Gasteiger partial charge < -0.3 is 5.32 Å². The summed E-state index contributed by atoms with van der Waals surface area (Å²) < 4.78 is 29.1. The molecule has 0 radical (unpaired) electrons. The number of anilines is 1. The molecule has 2 aromatic heterocycles. The number of nitrogens with one attached hydrogen (secondary N) is 2.